The first kappa shape index (κ1) is 76.7. The molecular weight excluding hydrogens is 1340 g/mol. The number of benzene rings is 3. The van der Waals surface area contributed by atoms with Gasteiger partial charge in [0.25, 0.3) is 0 Å². The highest BCUT2D eigenvalue weighted by Gasteiger charge is 2.27. The number of nitrogens with zero attached hydrogens (tertiary/aromatic N) is 13. The Hall–Kier alpha value is -6.51. The summed E-state index contributed by atoms with van der Waals surface area (Å²) in [5.41, 5.74) is 2.35. The molecule has 28 heteroatoms. The average molecular weight is 1440 g/mol. The topological polar surface area (TPSA) is 253 Å². The van der Waals surface area contributed by atoms with Crippen LogP contribution in [0.2, 0.25) is 20.4 Å². The molecule has 0 unspecified atom stereocenters. The zero-order chi connectivity index (χ0) is 69.9. The molecule has 12 rings (SSSR count). The minimum absolute atomic E-state index is 0.147. The molecule has 3 aliphatic heterocycles. The summed E-state index contributed by atoms with van der Waals surface area (Å²) in [7, 11) is 15.4. The van der Waals surface area contributed by atoms with Crippen LogP contribution in [0.5, 0.6) is 17.2 Å². The largest absolute Gasteiger partial charge is 0.495 e. The van der Waals surface area contributed by atoms with Crippen LogP contribution in [0.1, 0.15) is 154 Å². The lowest BCUT2D eigenvalue weighted by molar-refractivity contribution is 0.240. The van der Waals surface area contributed by atoms with Crippen molar-refractivity contribution in [3.05, 3.63) is 74.9 Å². The van der Waals surface area contributed by atoms with Crippen molar-refractivity contribution in [2.24, 2.45) is 0 Å². The number of likely N-dealkylation sites (tertiary alicyclic amines) is 2. The second-order valence-corrected chi connectivity index (χ2v) is 28.4. The van der Waals surface area contributed by atoms with Gasteiger partial charge in [-0.25, -0.2) is 0 Å². The fraction of sp³-hybridized carbons (Fsp3) is 0.620. The molecule has 0 atom stereocenters. The SMILES string of the molecule is CNC1CCN(C)CC1.COc1ccc(Nc2nc(Cl)nc(NC3CCCCCC3)n2)cc1Cl.COc1ccc(Nc2nc(NC3CCCCCC3)nc(N(C)C3CCN(C)CC3)n2)cc1Cl.COc1ccc(Nc2nc(NC3CCCCCC3)nc(N(C)C3CCNCC3)n2)cc1Cl. The summed E-state index contributed by atoms with van der Waals surface area (Å²) < 4.78 is 15.7. The molecular formula is C71H107Cl4N21O3. The Bertz CT molecular complexity index is 3380. The van der Waals surface area contributed by atoms with Gasteiger partial charge in [0, 0.05) is 67.4 Å². The van der Waals surface area contributed by atoms with Crippen LogP contribution in [0.3, 0.4) is 0 Å². The number of rotatable bonds is 20. The van der Waals surface area contributed by atoms with Gasteiger partial charge in [-0.05, 0) is 204 Å². The van der Waals surface area contributed by atoms with Gasteiger partial charge in [0.2, 0.25) is 52.9 Å². The summed E-state index contributed by atoms with van der Waals surface area (Å²) in [5.74, 6) is 6.40. The number of aromatic nitrogens is 9. The third-order valence-corrected chi connectivity index (χ3v) is 20.5. The molecule has 6 aromatic rings. The summed E-state index contributed by atoms with van der Waals surface area (Å²) >= 11 is 24.8. The van der Waals surface area contributed by atoms with Crippen LogP contribution in [0.15, 0.2) is 54.6 Å². The first-order valence-electron chi connectivity index (χ1n) is 35.9. The van der Waals surface area contributed by atoms with Gasteiger partial charge in [0.1, 0.15) is 17.2 Å². The Labute approximate surface area is 607 Å². The van der Waals surface area contributed by atoms with Crippen LogP contribution in [-0.4, -0.2) is 187 Å². The fourth-order valence-corrected chi connectivity index (χ4v) is 14.3. The number of nitrogens with one attached hydrogen (secondary N) is 8. The monoisotopic (exact) mass is 1440 g/mol. The molecule has 3 saturated heterocycles. The van der Waals surface area contributed by atoms with Gasteiger partial charge >= 0.3 is 0 Å². The molecule has 0 amide bonds. The van der Waals surface area contributed by atoms with Crippen LogP contribution in [0.25, 0.3) is 0 Å². The quantitative estimate of drug-likeness (QED) is 0.0331. The Morgan fingerprint density at radius 2 is 0.707 bits per heavy atom. The number of ether oxygens (including phenoxy) is 3. The average Bonchev–Trinajstić information content (AvgIpc) is 1.26. The van der Waals surface area contributed by atoms with E-state index in [4.69, 9.17) is 90.5 Å². The lowest BCUT2D eigenvalue weighted by Crippen LogP contribution is -2.42. The summed E-state index contributed by atoms with van der Waals surface area (Å²) in [5, 5.41) is 28.7. The molecule has 3 aromatic heterocycles. The summed E-state index contributed by atoms with van der Waals surface area (Å²) in [6.45, 7) is 6.72. The molecule has 8 N–H and O–H groups in total. The second kappa shape index (κ2) is 40.2. The van der Waals surface area contributed by atoms with Gasteiger partial charge in [-0.15, -0.1) is 0 Å². The number of piperidine rings is 3. The molecule has 542 valence electrons. The van der Waals surface area contributed by atoms with E-state index < -0.39 is 0 Å². The zero-order valence-corrected chi connectivity index (χ0v) is 62.4. The van der Waals surface area contributed by atoms with E-state index >= 15 is 0 Å². The van der Waals surface area contributed by atoms with Crippen LogP contribution in [0, 0.1) is 0 Å². The lowest BCUT2D eigenvalue weighted by atomic mass is 10.0. The predicted molar refractivity (Wildman–Crippen MR) is 406 cm³/mol. The third-order valence-electron chi connectivity index (χ3n) is 19.5. The smallest absolute Gasteiger partial charge is 0.233 e. The highest BCUT2D eigenvalue weighted by atomic mass is 35.5. The maximum Gasteiger partial charge on any atom is 0.233 e. The molecule has 3 aliphatic carbocycles. The lowest BCUT2D eigenvalue weighted by Gasteiger charge is -2.35. The maximum absolute atomic E-state index is 6.32. The van der Waals surface area contributed by atoms with Crippen molar-refractivity contribution in [3.63, 3.8) is 0 Å². The van der Waals surface area contributed by atoms with E-state index in [2.05, 4.69) is 112 Å². The number of anilines is 11. The number of methoxy groups -OCH3 is 3. The molecule has 6 aliphatic rings. The van der Waals surface area contributed by atoms with E-state index in [1.807, 2.05) is 42.5 Å². The summed E-state index contributed by atoms with van der Waals surface area (Å²) in [6.07, 6.45) is 29.1. The second-order valence-electron chi connectivity index (χ2n) is 26.8. The summed E-state index contributed by atoms with van der Waals surface area (Å²) in [4.78, 5) is 50.5. The van der Waals surface area contributed by atoms with Gasteiger partial charge < -0.3 is 76.3 Å². The Kier molecular flexibility index (Phi) is 31.1. The number of hydrogen-bond donors (Lipinski definition) is 8. The minimum Gasteiger partial charge on any atom is -0.495 e. The van der Waals surface area contributed by atoms with E-state index in [9.17, 15) is 0 Å². The highest BCUT2D eigenvalue weighted by Crippen LogP contribution is 2.34. The van der Waals surface area contributed by atoms with Gasteiger partial charge in [0.05, 0.1) is 36.4 Å². The van der Waals surface area contributed by atoms with E-state index in [1.165, 1.54) is 103 Å². The van der Waals surface area contributed by atoms with Crippen LogP contribution >= 0.6 is 46.4 Å². The van der Waals surface area contributed by atoms with Crippen molar-refractivity contribution in [2.45, 2.75) is 190 Å². The van der Waals surface area contributed by atoms with E-state index in [1.54, 1.807) is 33.5 Å². The first-order chi connectivity index (χ1) is 48.1. The molecule has 24 nitrogen and oxygen atoms in total. The molecule has 99 heavy (non-hydrogen) atoms. The molecule has 3 aromatic carbocycles. The molecule has 0 spiro atoms. The third kappa shape index (κ3) is 24.9. The molecule has 0 radical (unpaired) electrons. The van der Waals surface area contributed by atoms with Gasteiger partial charge in [0.15, 0.2) is 0 Å². The number of hydrogen-bond acceptors (Lipinski definition) is 24. The number of halogens is 4. The van der Waals surface area contributed by atoms with E-state index in [0.717, 1.165) is 113 Å². The Morgan fingerprint density at radius 3 is 1.05 bits per heavy atom. The van der Waals surface area contributed by atoms with Crippen LogP contribution < -0.4 is 66.5 Å². The predicted octanol–water partition coefficient (Wildman–Crippen LogP) is 14.9. The molecule has 6 heterocycles. The summed E-state index contributed by atoms with van der Waals surface area (Å²) in [6, 6.07) is 19.3. The fourth-order valence-electron chi connectivity index (χ4n) is 13.4. The van der Waals surface area contributed by atoms with E-state index in [0.29, 0.717) is 110 Å². The van der Waals surface area contributed by atoms with Crippen molar-refractivity contribution in [2.75, 3.05) is 138 Å². The normalized spacial score (nSPS) is 18.2. The Balaban J connectivity index is 0.000000164. The Morgan fingerprint density at radius 1 is 0.394 bits per heavy atom. The van der Waals surface area contributed by atoms with Crippen molar-refractivity contribution >= 4 is 111 Å². The molecule has 0 bridgehead atoms. The zero-order valence-electron chi connectivity index (χ0n) is 59.4. The van der Waals surface area contributed by atoms with Crippen molar-refractivity contribution < 1.29 is 14.2 Å². The maximum atomic E-state index is 6.32. The van der Waals surface area contributed by atoms with Gasteiger partial charge in [-0.1, -0.05) is 112 Å². The van der Waals surface area contributed by atoms with Gasteiger partial charge in [-0.3, -0.25) is 0 Å². The first-order valence-corrected chi connectivity index (χ1v) is 37.4. The van der Waals surface area contributed by atoms with Crippen LogP contribution in [-0.2, 0) is 0 Å². The van der Waals surface area contributed by atoms with E-state index in [-0.39, 0.29) is 5.28 Å². The minimum atomic E-state index is 0.147. The highest BCUT2D eigenvalue weighted by molar-refractivity contribution is 6.33. The van der Waals surface area contributed by atoms with Crippen molar-refractivity contribution in [3.8, 4) is 17.2 Å². The van der Waals surface area contributed by atoms with Crippen molar-refractivity contribution in [1.82, 2.24) is 65.3 Å². The standard InChI is InChI=1S/C24H36ClN7O.C23H34ClN7O.C17H21Cl2N5O.C7H16N2/c1-31-14-12-19(13-15-31)32(2)24-29-22(26-17-8-6-4-5-7-9-17)28-23(30-24)27-18-10-11-21(33-3)20(25)16-18;1-31(18-11-13-25-14-12-18)23-29-21(26-16-7-5-3-4-6-8-16)28-22(30-23)27-17-9-10-20(32-2)19(24)15-17;1-25-14-9-8-12(10-13(14)18)21-17-23-15(19)22-16(24-17)20-11-6-4-2-3-5-7-11;1-8-7-3-5-9(2)6-4-7/h10-11,16-17,19H,4-9,12-15H2,1-3H3,(H2,26,27,28,29,30);9-10,15-16,18,25H,3-8,11-14H2,1-2H3,(H2,26,27,28,29,30);8-11H,2-7H2,1H3,(H2,20,21,22,23,24);7-8H,3-6H2,1-2H3. The molecule has 3 saturated carbocycles. The van der Waals surface area contributed by atoms with Crippen LogP contribution in [0.4, 0.5) is 64.6 Å². The van der Waals surface area contributed by atoms with Gasteiger partial charge in [-0.2, -0.15) is 44.9 Å². The molecule has 6 fully saturated rings. The van der Waals surface area contributed by atoms with Crippen molar-refractivity contribution in [1.29, 1.82) is 0 Å².